The molecule has 3 nitrogen and oxygen atoms in total. The molecule has 0 amide bonds. The van der Waals surface area contributed by atoms with Gasteiger partial charge in [0.1, 0.15) is 0 Å². The Bertz CT molecular complexity index is 184. The first-order chi connectivity index (χ1) is 6.24. The second-order valence-electron chi connectivity index (χ2n) is 2.79. The minimum atomic E-state index is -0.209. The molecule has 3 heteroatoms. The van der Waals surface area contributed by atoms with E-state index in [1.54, 1.807) is 0 Å². The quantitative estimate of drug-likeness (QED) is 0.492. The molecule has 0 saturated carbocycles. The van der Waals surface area contributed by atoms with E-state index in [9.17, 15) is 4.79 Å². The van der Waals surface area contributed by atoms with Crippen molar-refractivity contribution in [3.8, 4) is 12.3 Å². The number of carbonyl (C=O) groups is 1. The molecule has 13 heavy (non-hydrogen) atoms. The molecule has 1 atom stereocenters. The van der Waals surface area contributed by atoms with Crippen LogP contribution in [0.3, 0.4) is 0 Å². The first-order valence-corrected chi connectivity index (χ1v) is 4.50. The Kier molecular flexibility index (Phi) is 7.04. The maximum Gasteiger partial charge on any atom is 0.306 e. The number of hydrogen-bond donors (Lipinski definition) is 1. The number of esters is 1. The van der Waals surface area contributed by atoms with Gasteiger partial charge in [0.15, 0.2) is 0 Å². The Morgan fingerprint density at radius 1 is 1.69 bits per heavy atom. The van der Waals surface area contributed by atoms with Crippen LogP contribution in [-0.2, 0) is 9.53 Å². The molecule has 0 aromatic rings. The Morgan fingerprint density at radius 2 is 2.38 bits per heavy atom. The second kappa shape index (κ2) is 7.63. The predicted molar refractivity (Wildman–Crippen MR) is 52.2 cm³/mol. The summed E-state index contributed by atoms with van der Waals surface area (Å²) in [5.74, 6) is 2.42. The Balaban J connectivity index is 3.50. The highest BCUT2D eigenvalue weighted by Crippen LogP contribution is 1.94. The lowest BCUT2D eigenvalue weighted by Gasteiger charge is -2.10. The summed E-state index contributed by atoms with van der Waals surface area (Å²) in [7, 11) is 1.38. The van der Waals surface area contributed by atoms with Crippen LogP contribution in [0.5, 0.6) is 0 Å². The van der Waals surface area contributed by atoms with Crippen molar-refractivity contribution < 1.29 is 9.53 Å². The van der Waals surface area contributed by atoms with Gasteiger partial charge < -0.3 is 10.1 Å². The van der Waals surface area contributed by atoms with Gasteiger partial charge in [0, 0.05) is 6.54 Å². The normalized spacial score (nSPS) is 11.8. The summed E-state index contributed by atoms with van der Waals surface area (Å²) in [6, 6.07) is 0.0784. The van der Waals surface area contributed by atoms with Gasteiger partial charge in [0.25, 0.3) is 0 Å². The lowest BCUT2D eigenvalue weighted by molar-refractivity contribution is -0.140. The van der Waals surface area contributed by atoms with E-state index in [4.69, 9.17) is 6.42 Å². The molecule has 0 spiro atoms. The zero-order chi connectivity index (χ0) is 10.1. The number of carbonyl (C=O) groups excluding carboxylic acids is 1. The van der Waals surface area contributed by atoms with Crippen molar-refractivity contribution in [1.82, 2.24) is 5.32 Å². The number of hydrogen-bond acceptors (Lipinski definition) is 3. The van der Waals surface area contributed by atoms with Crippen LogP contribution in [-0.4, -0.2) is 25.7 Å². The molecule has 0 aliphatic heterocycles. The molecule has 0 fully saturated rings. The molecule has 0 aliphatic rings. The maximum absolute atomic E-state index is 10.7. The number of ether oxygens (including phenoxy) is 1. The highest BCUT2D eigenvalue weighted by molar-refractivity contribution is 5.69. The van der Waals surface area contributed by atoms with E-state index in [1.807, 2.05) is 0 Å². The molecule has 1 unspecified atom stereocenters. The zero-order valence-electron chi connectivity index (χ0n) is 8.30. The number of terminal acetylenes is 1. The summed E-state index contributed by atoms with van der Waals surface area (Å²) in [5.41, 5.74) is 0. The summed E-state index contributed by atoms with van der Waals surface area (Å²) in [5, 5.41) is 3.10. The van der Waals surface area contributed by atoms with Gasteiger partial charge in [0.2, 0.25) is 0 Å². The summed E-state index contributed by atoms with van der Waals surface area (Å²) < 4.78 is 4.50. The summed E-state index contributed by atoms with van der Waals surface area (Å²) >= 11 is 0. The zero-order valence-corrected chi connectivity index (χ0v) is 8.30. The van der Waals surface area contributed by atoms with Crippen molar-refractivity contribution in [3.63, 3.8) is 0 Å². The lowest BCUT2D eigenvalue weighted by atomic mass is 10.2. The third kappa shape index (κ3) is 6.18. The average molecular weight is 183 g/mol. The third-order valence-corrected chi connectivity index (χ3v) is 1.73. The van der Waals surface area contributed by atoms with Crippen molar-refractivity contribution in [1.29, 1.82) is 0 Å². The minimum Gasteiger partial charge on any atom is -0.469 e. The highest BCUT2D eigenvalue weighted by Gasteiger charge is 2.04. The lowest BCUT2D eigenvalue weighted by Crippen LogP contribution is -2.29. The van der Waals surface area contributed by atoms with Crippen LogP contribution in [0.1, 0.15) is 26.2 Å². The van der Waals surface area contributed by atoms with Gasteiger partial charge in [0.05, 0.1) is 19.6 Å². The van der Waals surface area contributed by atoms with Gasteiger partial charge >= 0.3 is 5.97 Å². The largest absolute Gasteiger partial charge is 0.469 e. The van der Waals surface area contributed by atoms with Crippen molar-refractivity contribution in [2.45, 2.75) is 32.2 Å². The molecular weight excluding hydrogens is 166 g/mol. The third-order valence-electron chi connectivity index (χ3n) is 1.73. The molecule has 0 aliphatic carbocycles. The van der Waals surface area contributed by atoms with Crippen LogP contribution in [0.15, 0.2) is 0 Å². The van der Waals surface area contributed by atoms with Crippen molar-refractivity contribution in [2.75, 3.05) is 13.7 Å². The second-order valence-corrected chi connectivity index (χ2v) is 2.79. The highest BCUT2D eigenvalue weighted by atomic mass is 16.5. The molecule has 0 rings (SSSR count). The Morgan fingerprint density at radius 3 is 2.85 bits per heavy atom. The fourth-order valence-electron chi connectivity index (χ4n) is 0.984. The van der Waals surface area contributed by atoms with E-state index >= 15 is 0 Å². The number of nitrogens with one attached hydrogen (secondary N) is 1. The maximum atomic E-state index is 10.7. The molecule has 0 aromatic carbocycles. The van der Waals surface area contributed by atoms with Crippen LogP contribution >= 0.6 is 0 Å². The van der Waals surface area contributed by atoms with Crippen LogP contribution in [0.25, 0.3) is 0 Å². The molecule has 0 saturated heterocycles. The molecular formula is C10H17NO2. The van der Waals surface area contributed by atoms with E-state index in [-0.39, 0.29) is 12.0 Å². The van der Waals surface area contributed by atoms with Gasteiger partial charge in [-0.3, -0.25) is 4.79 Å². The molecule has 0 bridgehead atoms. The van der Waals surface area contributed by atoms with Gasteiger partial charge in [-0.25, -0.2) is 0 Å². The van der Waals surface area contributed by atoms with Gasteiger partial charge in [-0.15, -0.1) is 6.42 Å². The molecule has 1 N–H and O–H groups in total. The van der Waals surface area contributed by atoms with Crippen LogP contribution in [0.4, 0.5) is 0 Å². The van der Waals surface area contributed by atoms with E-state index in [2.05, 4.69) is 22.9 Å². The molecule has 74 valence electrons. The predicted octanol–water partition coefficient (Wildman–Crippen LogP) is 0.941. The van der Waals surface area contributed by atoms with Crippen molar-refractivity contribution in [3.05, 3.63) is 0 Å². The molecule has 0 radical (unpaired) electrons. The number of rotatable bonds is 6. The SMILES string of the molecule is C#CC(CCC)NCCC(=O)OC. The van der Waals surface area contributed by atoms with Gasteiger partial charge in [-0.05, 0) is 6.42 Å². The van der Waals surface area contributed by atoms with Gasteiger partial charge in [-0.2, -0.15) is 0 Å². The van der Waals surface area contributed by atoms with E-state index in [1.165, 1.54) is 7.11 Å². The van der Waals surface area contributed by atoms with Crippen LogP contribution in [0.2, 0.25) is 0 Å². The van der Waals surface area contributed by atoms with Crippen molar-refractivity contribution in [2.24, 2.45) is 0 Å². The summed E-state index contributed by atoms with van der Waals surface area (Å²) in [6.07, 6.45) is 7.64. The van der Waals surface area contributed by atoms with E-state index in [0.29, 0.717) is 13.0 Å². The Hall–Kier alpha value is -1.01. The Labute approximate surface area is 79.8 Å². The first kappa shape index (κ1) is 12.0. The standard InChI is InChI=1S/C10H17NO2/c1-4-6-9(5-2)11-8-7-10(12)13-3/h2,9,11H,4,6-8H2,1,3H3. The van der Waals surface area contributed by atoms with E-state index < -0.39 is 0 Å². The van der Waals surface area contributed by atoms with E-state index in [0.717, 1.165) is 12.8 Å². The summed E-state index contributed by atoms with van der Waals surface area (Å²) in [4.78, 5) is 10.7. The average Bonchev–Trinajstić information content (AvgIpc) is 2.16. The fraction of sp³-hybridized carbons (Fsp3) is 0.700. The van der Waals surface area contributed by atoms with Crippen LogP contribution < -0.4 is 5.32 Å². The van der Waals surface area contributed by atoms with Crippen LogP contribution in [0, 0.1) is 12.3 Å². The monoisotopic (exact) mass is 183 g/mol. The number of methoxy groups -OCH3 is 1. The fourth-order valence-corrected chi connectivity index (χ4v) is 0.984. The smallest absolute Gasteiger partial charge is 0.306 e. The molecule has 0 aromatic heterocycles. The topological polar surface area (TPSA) is 38.3 Å². The summed E-state index contributed by atoms with van der Waals surface area (Å²) in [6.45, 7) is 2.66. The molecule has 0 heterocycles. The first-order valence-electron chi connectivity index (χ1n) is 4.50. The van der Waals surface area contributed by atoms with Gasteiger partial charge in [-0.1, -0.05) is 19.3 Å². The van der Waals surface area contributed by atoms with Crippen molar-refractivity contribution >= 4 is 5.97 Å². The minimum absolute atomic E-state index is 0.0784.